The number of likely N-dealkylation sites (N-methyl/N-ethyl adjacent to an activating group) is 1. The number of rotatable bonds is 1. The number of benzene rings is 1. The van der Waals surface area contributed by atoms with Gasteiger partial charge in [0.1, 0.15) is 11.5 Å². The Kier molecular flexibility index (Phi) is 2.29. The van der Waals surface area contributed by atoms with E-state index in [9.17, 15) is 4.79 Å². The van der Waals surface area contributed by atoms with Crippen molar-refractivity contribution in [3.8, 4) is 5.75 Å². The van der Waals surface area contributed by atoms with Gasteiger partial charge in [0.25, 0.3) is 5.91 Å². The molecule has 2 rings (SSSR count). The molecule has 1 heterocycles. The van der Waals surface area contributed by atoms with Crippen LogP contribution in [0.3, 0.4) is 0 Å². The molecule has 15 heavy (non-hydrogen) atoms. The normalized spacial score (nSPS) is 13.7. The summed E-state index contributed by atoms with van der Waals surface area (Å²) in [6, 6.07) is 7.39. The molecule has 0 bridgehead atoms. The number of carbonyl (C=O) groups is 1. The first-order valence-electron chi connectivity index (χ1n) is 4.62. The minimum atomic E-state index is -0.132. The number of hydrogen-bond acceptors (Lipinski definition) is 2. The Labute approximate surface area is 88.1 Å². The number of nitrogens with one attached hydrogen (secondary N) is 1. The summed E-state index contributed by atoms with van der Waals surface area (Å²) in [6.07, 6.45) is 1.64. The number of ether oxygens (including phenoxy) is 1. The van der Waals surface area contributed by atoms with E-state index in [1.807, 2.05) is 24.3 Å². The number of fused-ring (bicyclic) bond motifs is 1. The van der Waals surface area contributed by atoms with Gasteiger partial charge in [-0.1, -0.05) is 24.8 Å². The molecule has 1 aromatic rings. The molecule has 0 spiro atoms. The van der Waals surface area contributed by atoms with E-state index in [4.69, 9.17) is 4.74 Å². The predicted octanol–water partition coefficient (Wildman–Crippen LogP) is 1.72. The van der Waals surface area contributed by atoms with Gasteiger partial charge in [-0.3, -0.25) is 4.79 Å². The van der Waals surface area contributed by atoms with E-state index < -0.39 is 0 Å². The van der Waals surface area contributed by atoms with Crippen molar-refractivity contribution in [1.82, 2.24) is 5.32 Å². The number of carbonyl (C=O) groups excluding carboxylic acids is 1. The molecule has 0 saturated carbocycles. The zero-order valence-corrected chi connectivity index (χ0v) is 8.41. The van der Waals surface area contributed by atoms with Crippen LogP contribution >= 0.6 is 0 Å². The molecule has 1 aliphatic rings. The first-order valence-corrected chi connectivity index (χ1v) is 4.62. The highest BCUT2D eigenvalue weighted by molar-refractivity contribution is 6.21. The zero-order valence-electron chi connectivity index (χ0n) is 8.41. The van der Waals surface area contributed by atoms with Crippen LogP contribution in [0.25, 0.3) is 5.57 Å². The highest BCUT2D eigenvalue weighted by atomic mass is 16.5. The molecular weight excluding hydrogens is 190 g/mol. The summed E-state index contributed by atoms with van der Waals surface area (Å²) in [5, 5.41) is 2.59. The number of para-hydroxylation sites is 1. The smallest absolute Gasteiger partial charge is 0.251 e. The lowest BCUT2D eigenvalue weighted by molar-refractivity contribution is -0.115. The molecule has 0 radical (unpaired) electrons. The Morgan fingerprint density at radius 2 is 2.13 bits per heavy atom. The van der Waals surface area contributed by atoms with E-state index in [-0.39, 0.29) is 5.91 Å². The summed E-state index contributed by atoms with van der Waals surface area (Å²) >= 11 is 0. The SMILES string of the molecule is C=C1C=C(C(=O)NC)c2ccccc2O1. The molecule has 1 aliphatic heterocycles. The van der Waals surface area contributed by atoms with Crippen LogP contribution in [-0.2, 0) is 4.79 Å². The highest BCUT2D eigenvalue weighted by Gasteiger charge is 2.19. The van der Waals surface area contributed by atoms with Crippen molar-refractivity contribution >= 4 is 11.5 Å². The monoisotopic (exact) mass is 201 g/mol. The maximum atomic E-state index is 11.6. The van der Waals surface area contributed by atoms with Crippen LogP contribution < -0.4 is 10.1 Å². The van der Waals surface area contributed by atoms with E-state index in [1.165, 1.54) is 0 Å². The van der Waals surface area contributed by atoms with Gasteiger partial charge in [0, 0.05) is 12.6 Å². The van der Waals surface area contributed by atoms with Gasteiger partial charge in [-0.05, 0) is 12.1 Å². The van der Waals surface area contributed by atoms with Crippen molar-refractivity contribution in [3.63, 3.8) is 0 Å². The summed E-state index contributed by atoms with van der Waals surface area (Å²) in [6.45, 7) is 3.70. The van der Waals surface area contributed by atoms with Gasteiger partial charge in [0.15, 0.2) is 0 Å². The molecule has 0 fully saturated rings. The van der Waals surface area contributed by atoms with Gasteiger partial charge in [-0.15, -0.1) is 0 Å². The Morgan fingerprint density at radius 3 is 2.87 bits per heavy atom. The van der Waals surface area contributed by atoms with Crippen LogP contribution in [0.4, 0.5) is 0 Å². The molecule has 0 saturated heterocycles. The Hall–Kier alpha value is -2.03. The Bertz CT molecular complexity index is 460. The fraction of sp³-hybridized carbons (Fsp3) is 0.0833. The van der Waals surface area contributed by atoms with E-state index in [0.29, 0.717) is 17.1 Å². The quantitative estimate of drug-likeness (QED) is 0.751. The van der Waals surface area contributed by atoms with Crippen molar-refractivity contribution in [2.24, 2.45) is 0 Å². The molecule has 3 nitrogen and oxygen atoms in total. The lowest BCUT2D eigenvalue weighted by Crippen LogP contribution is -2.21. The molecule has 0 atom stereocenters. The Balaban J connectivity index is 2.54. The van der Waals surface area contributed by atoms with Crippen LogP contribution in [0.2, 0.25) is 0 Å². The zero-order chi connectivity index (χ0) is 10.8. The summed E-state index contributed by atoms with van der Waals surface area (Å²) in [5.41, 5.74) is 1.38. The molecule has 1 N–H and O–H groups in total. The molecule has 0 aliphatic carbocycles. The van der Waals surface area contributed by atoms with E-state index in [1.54, 1.807) is 13.1 Å². The van der Waals surface area contributed by atoms with Crippen molar-refractivity contribution in [3.05, 3.63) is 48.2 Å². The first kappa shape index (κ1) is 9.52. The average Bonchev–Trinajstić information content (AvgIpc) is 2.26. The second kappa shape index (κ2) is 3.61. The van der Waals surface area contributed by atoms with Gasteiger partial charge in [-0.25, -0.2) is 0 Å². The van der Waals surface area contributed by atoms with Gasteiger partial charge in [-0.2, -0.15) is 0 Å². The highest BCUT2D eigenvalue weighted by Crippen LogP contribution is 2.32. The van der Waals surface area contributed by atoms with Crippen molar-refractivity contribution in [2.45, 2.75) is 0 Å². The maximum Gasteiger partial charge on any atom is 0.251 e. The lowest BCUT2D eigenvalue weighted by Gasteiger charge is -2.18. The molecule has 76 valence electrons. The number of amides is 1. The minimum Gasteiger partial charge on any atom is -0.457 e. The van der Waals surface area contributed by atoms with Gasteiger partial charge >= 0.3 is 0 Å². The van der Waals surface area contributed by atoms with E-state index >= 15 is 0 Å². The number of allylic oxidation sites excluding steroid dienone is 1. The van der Waals surface area contributed by atoms with E-state index in [0.717, 1.165) is 5.56 Å². The fourth-order valence-electron chi connectivity index (χ4n) is 1.51. The molecule has 0 aromatic heterocycles. The standard InChI is InChI=1S/C12H11NO2/c1-8-7-10(12(14)13-2)9-5-3-4-6-11(9)15-8/h3-7H,1H2,2H3,(H,13,14). The fourth-order valence-corrected chi connectivity index (χ4v) is 1.51. The summed E-state index contributed by atoms with van der Waals surface area (Å²) in [7, 11) is 1.60. The molecular formula is C12H11NO2. The lowest BCUT2D eigenvalue weighted by atomic mass is 10.0. The third-order valence-electron chi connectivity index (χ3n) is 2.20. The van der Waals surface area contributed by atoms with Crippen LogP contribution in [0.15, 0.2) is 42.7 Å². The molecule has 0 unspecified atom stereocenters. The molecule has 3 heteroatoms. The van der Waals surface area contributed by atoms with Crippen molar-refractivity contribution in [2.75, 3.05) is 7.05 Å². The van der Waals surface area contributed by atoms with Crippen LogP contribution in [0.5, 0.6) is 5.75 Å². The van der Waals surface area contributed by atoms with Crippen molar-refractivity contribution in [1.29, 1.82) is 0 Å². The van der Waals surface area contributed by atoms with Crippen molar-refractivity contribution < 1.29 is 9.53 Å². The van der Waals surface area contributed by atoms with Gasteiger partial charge < -0.3 is 10.1 Å². The molecule has 1 aromatic carbocycles. The third-order valence-corrected chi connectivity index (χ3v) is 2.20. The van der Waals surface area contributed by atoms with Crippen LogP contribution in [0.1, 0.15) is 5.56 Å². The summed E-state index contributed by atoms with van der Waals surface area (Å²) in [4.78, 5) is 11.6. The first-order chi connectivity index (χ1) is 7.22. The van der Waals surface area contributed by atoms with Gasteiger partial charge in [0.2, 0.25) is 0 Å². The third kappa shape index (κ3) is 1.64. The topological polar surface area (TPSA) is 38.3 Å². The van der Waals surface area contributed by atoms with E-state index in [2.05, 4.69) is 11.9 Å². The summed E-state index contributed by atoms with van der Waals surface area (Å²) < 4.78 is 5.41. The minimum absolute atomic E-state index is 0.132. The molecule has 1 amide bonds. The Morgan fingerprint density at radius 1 is 1.40 bits per heavy atom. The number of hydrogen-bond donors (Lipinski definition) is 1. The average molecular weight is 201 g/mol. The maximum absolute atomic E-state index is 11.6. The van der Waals surface area contributed by atoms with Crippen LogP contribution in [0, 0.1) is 0 Å². The second-order valence-electron chi connectivity index (χ2n) is 3.20. The predicted molar refractivity (Wildman–Crippen MR) is 58.3 cm³/mol. The van der Waals surface area contributed by atoms with Crippen LogP contribution in [-0.4, -0.2) is 13.0 Å². The summed E-state index contributed by atoms with van der Waals surface area (Å²) in [5.74, 6) is 1.02. The van der Waals surface area contributed by atoms with Gasteiger partial charge in [0.05, 0.1) is 5.57 Å². The largest absolute Gasteiger partial charge is 0.457 e. The second-order valence-corrected chi connectivity index (χ2v) is 3.20.